The molecule has 0 spiro atoms. The van der Waals surface area contributed by atoms with Crippen molar-refractivity contribution in [2.45, 2.75) is 64.4 Å². The van der Waals surface area contributed by atoms with Crippen LogP contribution in [-0.4, -0.2) is 15.9 Å². The van der Waals surface area contributed by atoms with E-state index in [0.717, 1.165) is 44.3 Å². The van der Waals surface area contributed by atoms with Crippen LogP contribution in [0.3, 0.4) is 0 Å². The third kappa shape index (κ3) is 1.79. The summed E-state index contributed by atoms with van der Waals surface area (Å²) in [6.45, 7) is 4.71. The van der Waals surface area contributed by atoms with Crippen molar-refractivity contribution >= 4 is 6.08 Å². The Morgan fingerprint density at radius 2 is 2.04 bits per heavy atom. The second-order valence-corrected chi connectivity index (χ2v) is 9.39. The number of allylic oxidation sites excluding steroid dienone is 1. The zero-order valence-corrected chi connectivity index (χ0v) is 15.2. The lowest BCUT2D eigenvalue weighted by Gasteiger charge is -2.58. The first-order valence-corrected chi connectivity index (χ1v) is 9.76. The molecule has 1 N–H and O–H groups in total. The molecule has 3 fully saturated rings. The highest BCUT2D eigenvalue weighted by Gasteiger charge is 2.63. The number of aromatic nitrogens is 1. The minimum absolute atomic E-state index is 0.114. The molecule has 0 amide bonds. The van der Waals surface area contributed by atoms with Crippen molar-refractivity contribution in [1.29, 1.82) is 0 Å². The molecule has 0 saturated heterocycles. The van der Waals surface area contributed by atoms with Gasteiger partial charge >= 0.3 is 0 Å². The molecule has 1 aromatic heterocycles. The maximum absolute atomic E-state index is 11.1. The van der Waals surface area contributed by atoms with Crippen LogP contribution in [0.4, 0.5) is 0 Å². The molecule has 3 heteroatoms. The van der Waals surface area contributed by atoms with Crippen molar-refractivity contribution in [2.75, 3.05) is 0 Å². The van der Waals surface area contributed by atoms with Crippen molar-refractivity contribution in [3.05, 3.63) is 23.1 Å². The highest BCUT2D eigenvalue weighted by Crippen LogP contribution is 2.67. The Hall–Kier alpha value is -1.53. The molecule has 0 bridgehead atoms. The lowest BCUT2D eigenvalue weighted by molar-refractivity contribution is -0.0975. The van der Waals surface area contributed by atoms with Crippen molar-refractivity contribution in [1.82, 2.24) is 5.16 Å². The summed E-state index contributed by atoms with van der Waals surface area (Å²) >= 11 is 0. The number of rotatable bonds is 0. The molecule has 0 unspecified atom stereocenters. The van der Waals surface area contributed by atoms with E-state index in [0.29, 0.717) is 17.8 Å². The van der Waals surface area contributed by atoms with E-state index in [2.05, 4.69) is 31.0 Å². The van der Waals surface area contributed by atoms with Crippen molar-refractivity contribution in [3.63, 3.8) is 0 Å². The number of terminal acetylenes is 1. The summed E-state index contributed by atoms with van der Waals surface area (Å²) in [5, 5.41) is 15.1. The topological polar surface area (TPSA) is 46.3 Å². The van der Waals surface area contributed by atoms with E-state index in [1.807, 2.05) is 6.20 Å². The van der Waals surface area contributed by atoms with Gasteiger partial charge in [-0.3, -0.25) is 0 Å². The molecular formula is C22H27NO2. The van der Waals surface area contributed by atoms with Gasteiger partial charge in [0.25, 0.3) is 0 Å². The first kappa shape index (κ1) is 15.7. The smallest absolute Gasteiger partial charge is 0.162 e. The molecule has 0 aliphatic heterocycles. The number of nitrogens with zero attached hydrogens (tertiary/aromatic N) is 1. The fraction of sp³-hybridized carbons (Fsp3) is 0.682. The van der Waals surface area contributed by atoms with E-state index in [1.165, 1.54) is 12.0 Å². The lowest BCUT2D eigenvalue weighted by atomic mass is 9.47. The van der Waals surface area contributed by atoms with Gasteiger partial charge in [0, 0.05) is 11.0 Å². The van der Waals surface area contributed by atoms with E-state index in [9.17, 15) is 5.11 Å². The number of hydrogen-bond acceptors (Lipinski definition) is 3. The Morgan fingerprint density at radius 1 is 1.24 bits per heavy atom. The summed E-state index contributed by atoms with van der Waals surface area (Å²) in [5.74, 6) is 5.64. The zero-order chi connectivity index (χ0) is 17.4. The van der Waals surface area contributed by atoms with E-state index >= 15 is 0 Å². The molecule has 5 rings (SSSR count). The van der Waals surface area contributed by atoms with Crippen LogP contribution < -0.4 is 0 Å². The van der Waals surface area contributed by atoms with Crippen LogP contribution >= 0.6 is 0 Å². The third-order valence-corrected chi connectivity index (χ3v) is 8.67. The standard InChI is InChI=1S/C22H27NO2/c1-4-22(24)10-8-18-16-6-5-15-11-19-14(13-23-25-19)12-20(15,2)17(16)7-9-21(18,22)3/h1,11,13,16-18,24H,5-10,12H2,2-3H3/t16-,17+,18+,20+,21+,22+/m0/s1/i1+1,4+1,13+1. The Labute approximate surface area is 149 Å². The Balaban J connectivity index is 1.53. The quantitative estimate of drug-likeness (QED) is 0.568. The van der Waals surface area contributed by atoms with E-state index in [4.69, 9.17) is 10.9 Å². The van der Waals surface area contributed by atoms with Crippen molar-refractivity contribution < 1.29 is 9.63 Å². The number of aliphatic hydroxyl groups is 1. The van der Waals surface area contributed by atoms with Crippen molar-refractivity contribution in [2.24, 2.45) is 28.6 Å². The normalized spacial score (nSPS) is 47.8. The predicted octanol–water partition coefficient (Wildman–Crippen LogP) is 4.22. The van der Waals surface area contributed by atoms with Gasteiger partial charge in [0.1, 0.15) is 5.60 Å². The average molecular weight is 340 g/mol. The Kier molecular flexibility index (Phi) is 3.01. The molecule has 0 aromatic carbocycles. The van der Waals surface area contributed by atoms with Gasteiger partial charge < -0.3 is 9.63 Å². The van der Waals surface area contributed by atoms with Gasteiger partial charge in [-0.2, -0.15) is 0 Å². The minimum atomic E-state index is -0.909. The first-order chi connectivity index (χ1) is 11.9. The molecule has 25 heavy (non-hydrogen) atoms. The van der Waals surface area contributed by atoms with Crippen LogP contribution in [0.5, 0.6) is 0 Å². The fourth-order valence-electron chi connectivity index (χ4n) is 7.14. The van der Waals surface area contributed by atoms with E-state index < -0.39 is 5.60 Å². The van der Waals surface area contributed by atoms with Gasteiger partial charge in [-0.25, -0.2) is 0 Å². The summed E-state index contributed by atoms with van der Waals surface area (Å²) in [4.78, 5) is 0. The molecule has 4 aliphatic rings. The van der Waals surface area contributed by atoms with E-state index in [1.54, 1.807) is 5.57 Å². The van der Waals surface area contributed by atoms with Crippen LogP contribution in [0.15, 0.2) is 16.3 Å². The molecule has 0 radical (unpaired) electrons. The Morgan fingerprint density at radius 3 is 2.84 bits per heavy atom. The number of hydrogen-bond donors (Lipinski definition) is 1. The van der Waals surface area contributed by atoms with Gasteiger partial charge in [-0.05, 0) is 74.2 Å². The van der Waals surface area contributed by atoms with Crippen molar-refractivity contribution in [3.8, 4) is 12.3 Å². The van der Waals surface area contributed by atoms with E-state index in [-0.39, 0.29) is 10.8 Å². The maximum atomic E-state index is 11.1. The maximum Gasteiger partial charge on any atom is 0.162 e. The summed E-state index contributed by atoms with van der Waals surface area (Å²) in [5.41, 5.74) is 1.99. The van der Waals surface area contributed by atoms with Crippen LogP contribution in [0.2, 0.25) is 0 Å². The second-order valence-electron chi connectivity index (χ2n) is 9.39. The van der Waals surface area contributed by atoms with Crippen LogP contribution in [-0.2, 0) is 6.42 Å². The summed E-state index contributed by atoms with van der Waals surface area (Å²) < 4.78 is 5.43. The van der Waals surface area contributed by atoms with Gasteiger partial charge in [0.2, 0.25) is 0 Å². The molecular weight excluding hydrogens is 313 g/mol. The van der Waals surface area contributed by atoms with Gasteiger partial charge in [-0.1, -0.05) is 30.5 Å². The average Bonchev–Trinajstić information content (AvgIpc) is 3.14. The molecule has 3 nitrogen and oxygen atoms in total. The number of fused-ring (bicyclic) bond motifs is 6. The SMILES string of the molecule is C[C@@]12Cc3[13cH]noc3C=C1CC[C@H]1[C@H]2CC[C@]2(C)[C@@H]1CC[C@]2(O)[13C]#[13CH]. The monoisotopic (exact) mass is 340 g/mol. The van der Waals surface area contributed by atoms with Gasteiger partial charge in [-0.15, -0.1) is 6.42 Å². The second kappa shape index (κ2) is 4.80. The summed E-state index contributed by atoms with van der Waals surface area (Å²) in [7, 11) is 0. The van der Waals surface area contributed by atoms with Crippen LogP contribution in [0, 0.1) is 40.9 Å². The fourth-order valence-corrected chi connectivity index (χ4v) is 7.14. The summed E-state index contributed by atoms with van der Waals surface area (Å²) in [6.07, 6.45) is 17.4. The third-order valence-electron chi connectivity index (χ3n) is 8.67. The highest BCUT2D eigenvalue weighted by atomic mass is 16.5. The zero-order valence-electron chi connectivity index (χ0n) is 15.2. The summed E-state index contributed by atoms with van der Waals surface area (Å²) in [6, 6.07) is 0. The first-order valence-electron chi connectivity index (χ1n) is 9.76. The lowest BCUT2D eigenvalue weighted by Crippen LogP contribution is -2.54. The predicted molar refractivity (Wildman–Crippen MR) is 96.4 cm³/mol. The largest absolute Gasteiger partial charge is 0.377 e. The van der Waals surface area contributed by atoms with Gasteiger partial charge in [0.15, 0.2) is 5.76 Å². The highest BCUT2D eigenvalue weighted by molar-refractivity contribution is 5.57. The molecule has 6 atom stereocenters. The molecule has 132 valence electrons. The molecule has 3 saturated carbocycles. The van der Waals surface area contributed by atoms with Crippen LogP contribution in [0.1, 0.15) is 63.7 Å². The molecule has 1 heterocycles. The molecule has 1 aromatic rings. The van der Waals surface area contributed by atoms with Gasteiger partial charge in [0.05, 0.1) is 6.20 Å². The Bertz CT molecular complexity index is 801. The minimum Gasteiger partial charge on any atom is -0.377 e. The molecule has 4 aliphatic carbocycles. The van der Waals surface area contributed by atoms with Crippen LogP contribution in [0.25, 0.3) is 6.08 Å².